The Morgan fingerprint density at radius 1 is 1.21 bits per heavy atom. The van der Waals surface area contributed by atoms with Crippen molar-refractivity contribution < 1.29 is 4.42 Å². The van der Waals surface area contributed by atoms with Gasteiger partial charge in [0, 0.05) is 11.6 Å². The molecule has 24 heavy (non-hydrogen) atoms. The van der Waals surface area contributed by atoms with Gasteiger partial charge >= 0.3 is 0 Å². The Labute approximate surface area is 140 Å². The molecule has 4 rings (SSSR count). The number of aryl methyl sites for hydroxylation is 1. The summed E-state index contributed by atoms with van der Waals surface area (Å²) in [6.45, 7) is 4.63. The molecule has 0 aliphatic carbocycles. The predicted octanol–water partition coefficient (Wildman–Crippen LogP) is 2.30. The van der Waals surface area contributed by atoms with Gasteiger partial charge in [0.2, 0.25) is 11.8 Å². The van der Waals surface area contributed by atoms with Crippen molar-refractivity contribution >= 4 is 0 Å². The lowest BCUT2D eigenvalue weighted by Gasteiger charge is -2.22. The molecule has 1 saturated heterocycles. The molecule has 0 unspecified atom stereocenters. The Kier molecular flexibility index (Phi) is 4.08. The second-order valence-electron chi connectivity index (χ2n) is 6.25. The summed E-state index contributed by atoms with van der Waals surface area (Å²) in [5, 5.41) is 12.6. The van der Waals surface area contributed by atoms with E-state index < -0.39 is 0 Å². The molecule has 0 amide bonds. The third kappa shape index (κ3) is 3.21. The van der Waals surface area contributed by atoms with Crippen LogP contribution in [0.1, 0.15) is 24.3 Å². The molecule has 0 N–H and O–H groups in total. The third-order valence-electron chi connectivity index (χ3n) is 4.47. The van der Waals surface area contributed by atoms with Gasteiger partial charge in [-0.3, -0.25) is 9.58 Å². The van der Waals surface area contributed by atoms with Crippen molar-refractivity contribution in [2.75, 3.05) is 6.54 Å². The maximum absolute atomic E-state index is 5.86. The van der Waals surface area contributed by atoms with Crippen LogP contribution in [0.5, 0.6) is 0 Å². The van der Waals surface area contributed by atoms with Crippen LogP contribution >= 0.6 is 0 Å². The Morgan fingerprint density at radius 2 is 2.08 bits per heavy atom. The molecule has 7 heteroatoms. The van der Waals surface area contributed by atoms with E-state index in [1.54, 1.807) is 12.7 Å². The monoisotopic (exact) mass is 324 g/mol. The van der Waals surface area contributed by atoms with Crippen molar-refractivity contribution in [1.29, 1.82) is 0 Å². The van der Waals surface area contributed by atoms with E-state index in [2.05, 4.69) is 32.1 Å². The number of rotatable bonds is 5. The van der Waals surface area contributed by atoms with E-state index in [4.69, 9.17) is 4.42 Å². The van der Waals surface area contributed by atoms with E-state index in [1.165, 1.54) is 12.0 Å². The van der Waals surface area contributed by atoms with Crippen LogP contribution < -0.4 is 0 Å². The zero-order valence-electron chi connectivity index (χ0n) is 13.7. The fourth-order valence-electron chi connectivity index (χ4n) is 3.16. The number of likely N-dealkylation sites (tertiary alicyclic amines) is 1. The van der Waals surface area contributed by atoms with Crippen molar-refractivity contribution in [3.8, 4) is 11.5 Å². The number of aromatic nitrogens is 5. The van der Waals surface area contributed by atoms with Crippen molar-refractivity contribution in [3.63, 3.8) is 0 Å². The molecule has 0 radical (unpaired) electrons. The second kappa shape index (κ2) is 6.52. The molecule has 3 aromatic rings. The van der Waals surface area contributed by atoms with Crippen molar-refractivity contribution in [2.45, 2.75) is 38.9 Å². The number of nitrogens with zero attached hydrogens (tertiary/aromatic N) is 6. The average molecular weight is 324 g/mol. The summed E-state index contributed by atoms with van der Waals surface area (Å²) in [5.74, 6) is 1.24. The van der Waals surface area contributed by atoms with E-state index in [1.807, 2.05) is 28.9 Å². The molecule has 0 bridgehead atoms. The van der Waals surface area contributed by atoms with Crippen LogP contribution in [0.3, 0.4) is 0 Å². The van der Waals surface area contributed by atoms with Gasteiger partial charge in [0.05, 0.1) is 13.1 Å². The molecule has 1 aliphatic heterocycles. The molecule has 1 fully saturated rings. The molecule has 3 heterocycles. The topological polar surface area (TPSA) is 72.9 Å². The minimum Gasteiger partial charge on any atom is -0.419 e. The molecule has 0 saturated carbocycles. The molecule has 1 aromatic carbocycles. The lowest BCUT2D eigenvalue weighted by atomic mass is 10.1. The molecule has 124 valence electrons. The van der Waals surface area contributed by atoms with Crippen LogP contribution in [0.25, 0.3) is 11.5 Å². The van der Waals surface area contributed by atoms with Crippen LogP contribution in [0, 0.1) is 6.92 Å². The highest BCUT2D eigenvalue weighted by atomic mass is 16.4. The smallest absolute Gasteiger partial charge is 0.247 e. The molecule has 2 aromatic heterocycles. The largest absolute Gasteiger partial charge is 0.419 e. The summed E-state index contributed by atoms with van der Waals surface area (Å²) in [7, 11) is 0. The highest BCUT2D eigenvalue weighted by molar-refractivity contribution is 5.52. The van der Waals surface area contributed by atoms with Gasteiger partial charge in [-0.1, -0.05) is 17.7 Å². The number of benzene rings is 1. The lowest BCUT2D eigenvalue weighted by molar-refractivity contribution is 0.200. The zero-order valence-corrected chi connectivity index (χ0v) is 13.7. The third-order valence-corrected chi connectivity index (χ3v) is 4.47. The normalized spacial score (nSPS) is 18.3. The van der Waals surface area contributed by atoms with Gasteiger partial charge in [0.25, 0.3) is 0 Å². The van der Waals surface area contributed by atoms with Crippen LogP contribution in [0.4, 0.5) is 0 Å². The van der Waals surface area contributed by atoms with Gasteiger partial charge in [0.1, 0.15) is 12.7 Å². The Bertz CT molecular complexity index is 780. The van der Waals surface area contributed by atoms with Crippen LogP contribution in [-0.4, -0.2) is 42.4 Å². The molecule has 1 atom stereocenters. The van der Waals surface area contributed by atoms with Crippen molar-refractivity contribution in [3.05, 3.63) is 48.4 Å². The Morgan fingerprint density at radius 3 is 2.88 bits per heavy atom. The van der Waals surface area contributed by atoms with Crippen LogP contribution in [0.15, 0.2) is 41.3 Å². The first-order chi connectivity index (χ1) is 11.8. The minimum atomic E-state index is 0.432. The van der Waals surface area contributed by atoms with Gasteiger partial charge < -0.3 is 4.42 Å². The van der Waals surface area contributed by atoms with E-state index >= 15 is 0 Å². The average Bonchev–Trinajstić information content (AvgIpc) is 3.32. The zero-order chi connectivity index (χ0) is 16.4. The highest BCUT2D eigenvalue weighted by Crippen LogP contribution is 2.23. The van der Waals surface area contributed by atoms with Crippen molar-refractivity contribution in [2.24, 2.45) is 0 Å². The van der Waals surface area contributed by atoms with Gasteiger partial charge in [-0.05, 0) is 38.4 Å². The van der Waals surface area contributed by atoms with Crippen LogP contribution in [0.2, 0.25) is 0 Å². The fourth-order valence-corrected chi connectivity index (χ4v) is 3.16. The summed E-state index contributed by atoms with van der Waals surface area (Å²) in [6.07, 6.45) is 5.67. The highest BCUT2D eigenvalue weighted by Gasteiger charge is 2.26. The molecule has 7 nitrogen and oxygen atoms in total. The summed E-state index contributed by atoms with van der Waals surface area (Å²) >= 11 is 0. The van der Waals surface area contributed by atoms with E-state index in [0.717, 1.165) is 25.1 Å². The molecule has 0 spiro atoms. The molecule has 1 aliphatic rings. The summed E-state index contributed by atoms with van der Waals surface area (Å²) in [5.41, 5.74) is 2.17. The summed E-state index contributed by atoms with van der Waals surface area (Å²) in [4.78, 5) is 6.39. The van der Waals surface area contributed by atoms with Gasteiger partial charge in [0.15, 0.2) is 0 Å². The maximum atomic E-state index is 5.86. The number of hydrogen-bond donors (Lipinski definition) is 0. The van der Waals surface area contributed by atoms with E-state index in [-0.39, 0.29) is 0 Å². The Balaban J connectivity index is 1.44. The first-order valence-electron chi connectivity index (χ1n) is 8.24. The van der Waals surface area contributed by atoms with Crippen LogP contribution in [-0.2, 0) is 13.1 Å². The predicted molar refractivity (Wildman–Crippen MR) is 87.9 cm³/mol. The summed E-state index contributed by atoms with van der Waals surface area (Å²) in [6, 6.07) is 8.55. The minimum absolute atomic E-state index is 0.432. The van der Waals surface area contributed by atoms with Gasteiger partial charge in [-0.2, -0.15) is 5.10 Å². The van der Waals surface area contributed by atoms with Gasteiger partial charge in [-0.25, -0.2) is 4.98 Å². The first kappa shape index (κ1) is 15.0. The first-order valence-corrected chi connectivity index (χ1v) is 8.24. The molecular weight excluding hydrogens is 304 g/mol. The fraction of sp³-hybridized carbons (Fsp3) is 0.412. The SMILES string of the molecule is Cc1ccc(-c2nnc(CN3CCC[C@H]3Cn3cncn3)o2)cc1. The second-order valence-corrected chi connectivity index (χ2v) is 6.25. The quantitative estimate of drug-likeness (QED) is 0.717. The van der Waals surface area contributed by atoms with Gasteiger partial charge in [-0.15, -0.1) is 10.2 Å². The standard InChI is InChI=1S/C17H20N6O/c1-13-4-6-14(7-5-13)17-21-20-16(24-17)10-22-8-2-3-15(22)9-23-12-18-11-19-23/h4-7,11-12,15H,2-3,8-10H2,1H3/t15-/m0/s1. The maximum Gasteiger partial charge on any atom is 0.247 e. The Hall–Kier alpha value is -2.54. The van der Waals surface area contributed by atoms with E-state index in [0.29, 0.717) is 24.4 Å². The van der Waals surface area contributed by atoms with Crippen molar-refractivity contribution in [1.82, 2.24) is 29.9 Å². The number of hydrogen-bond acceptors (Lipinski definition) is 6. The lowest BCUT2D eigenvalue weighted by Crippen LogP contribution is -2.32. The summed E-state index contributed by atoms with van der Waals surface area (Å²) < 4.78 is 7.74. The van der Waals surface area contributed by atoms with E-state index in [9.17, 15) is 0 Å². The molecular formula is C17H20N6O.